The number of pyridine rings is 1. The van der Waals surface area contributed by atoms with Gasteiger partial charge in [-0.25, -0.2) is 0 Å². The molecule has 0 N–H and O–H groups in total. The van der Waals surface area contributed by atoms with E-state index < -0.39 is 12.4 Å². The fourth-order valence-electron chi connectivity index (χ4n) is 2.17. The van der Waals surface area contributed by atoms with Crippen molar-refractivity contribution in [1.82, 2.24) is 9.88 Å². The minimum absolute atomic E-state index is 0. The standard InChI is InChI=1S/C12H17BF3N2O.K/c14-13(15,16)11-8-12(10-17-9-11)19-7-6-18-4-2-1-3-5-18;/h8-10H,1-7H2;/q-1;+1. The van der Waals surface area contributed by atoms with Gasteiger partial charge in [0.05, 0.1) is 6.20 Å². The van der Waals surface area contributed by atoms with Crippen LogP contribution in [0, 0.1) is 0 Å². The maximum Gasteiger partial charge on any atom is 1.00 e. The monoisotopic (exact) mass is 312 g/mol. The molecule has 1 fully saturated rings. The van der Waals surface area contributed by atoms with E-state index in [1.807, 2.05) is 0 Å². The summed E-state index contributed by atoms with van der Waals surface area (Å²) >= 11 is 0. The van der Waals surface area contributed by atoms with Crippen LogP contribution in [-0.4, -0.2) is 43.1 Å². The van der Waals surface area contributed by atoms with E-state index in [1.165, 1.54) is 25.5 Å². The van der Waals surface area contributed by atoms with Crippen LogP contribution in [-0.2, 0) is 0 Å². The summed E-state index contributed by atoms with van der Waals surface area (Å²) in [5, 5.41) is 0. The van der Waals surface area contributed by atoms with Gasteiger partial charge in [-0.15, -0.1) is 0 Å². The molecule has 0 saturated carbocycles. The molecule has 3 nitrogen and oxygen atoms in total. The van der Waals surface area contributed by atoms with Crippen molar-refractivity contribution in [2.75, 3.05) is 26.2 Å². The summed E-state index contributed by atoms with van der Waals surface area (Å²) in [6, 6.07) is 1.02. The first-order valence-corrected chi connectivity index (χ1v) is 6.56. The Labute approximate surface area is 159 Å². The van der Waals surface area contributed by atoms with Gasteiger partial charge in [-0.3, -0.25) is 9.88 Å². The molecule has 0 radical (unpaired) electrons. The molecule has 0 amide bonds. The Morgan fingerprint density at radius 2 is 1.85 bits per heavy atom. The molecule has 0 unspecified atom stereocenters. The minimum atomic E-state index is -5.01. The summed E-state index contributed by atoms with van der Waals surface area (Å²) in [5.74, 6) is 0.189. The molecule has 1 aromatic rings. The van der Waals surface area contributed by atoms with Gasteiger partial charge in [0, 0.05) is 12.7 Å². The topological polar surface area (TPSA) is 25.4 Å². The van der Waals surface area contributed by atoms with E-state index in [9.17, 15) is 12.9 Å². The summed E-state index contributed by atoms with van der Waals surface area (Å²) < 4.78 is 43.0. The number of ether oxygens (including phenoxy) is 1. The van der Waals surface area contributed by atoms with Gasteiger partial charge in [0.15, 0.2) is 0 Å². The van der Waals surface area contributed by atoms with Crippen LogP contribution in [0.1, 0.15) is 19.3 Å². The second-order valence-corrected chi connectivity index (χ2v) is 4.78. The molecule has 1 saturated heterocycles. The Morgan fingerprint density at radius 1 is 1.15 bits per heavy atom. The molecule has 1 aliphatic rings. The SMILES string of the molecule is F[B-](F)(F)c1cncc(OCCN2CCCCC2)c1.[K+]. The van der Waals surface area contributed by atoms with Crippen molar-refractivity contribution in [3.8, 4) is 5.75 Å². The number of hydrogen-bond donors (Lipinski definition) is 0. The van der Waals surface area contributed by atoms with Crippen LogP contribution in [0.25, 0.3) is 0 Å². The number of hydrogen-bond acceptors (Lipinski definition) is 3. The van der Waals surface area contributed by atoms with Crippen molar-refractivity contribution in [2.24, 2.45) is 0 Å². The van der Waals surface area contributed by atoms with Crippen molar-refractivity contribution in [2.45, 2.75) is 19.3 Å². The van der Waals surface area contributed by atoms with E-state index in [2.05, 4.69) is 9.88 Å². The van der Waals surface area contributed by atoms with Gasteiger partial charge in [0.2, 0.25) is 0 Å². The summed E-state index contributed by atoms with van der Waals surface area (Å²) in [5.41, 5.74) is -0.713. The van der Waals surface area contributed by atoms with E-state index >= 15 is 0 Å². The van der Waals surface area contributed by atoms with Crippen LogP contribution < -0.4 is 61.6 Å². The third-order valence-corrected chi connectivity index (χ3v) is 3.24. The van der Waals surface area contributed by atoms with Crippen LogP contribution in [0.5, 0.6) is 5.75 Å². The molecule has 1 aliphatic heterocycles. The Hall–Kier alpha value is 0.401. The van der Waals surface area contributed by atoms with Gasteiger partial charge >= 0.3 is 58.4 Å². The van der Waals surface area contributed by atoms with E-state index in [-0.39, 0.29) is 57.1 Å². The summed E-state index contributed by atoms with van der Waals surface area (Å²) in [6.45, 7) is -1.76. The normalized spacial score (nSPS) is 16.6. The average molecular weight is 312 g/mol. The molecule has 0 aliphatic carbocycles. The van der Waals surface area contributed by atoms with E-state index in [1.54, 1.807) is 0 Å². The predicted octanol–water partition coefficient (Wildman–Crippen LogP) is -0.995. The van der Waals surface area contributed by atoms with Crippen molar-refractivity contribution < 1.29 is 69.1 Å². The van der Waals surface area contributed by atoms with Gasteiger partial charge in [0.1, 0.15) is 12.4 Å². The molecule has 0 bridgehead atoms. The molecule has 0 spiro atoms. The Bertz CT molecular complexity index is 414. The number of aromatic nitrogens is 1. The van der Waals surface area contributed by atoms with Gasteiger partial charge in [0.25, 0.3) is 0 Å². The molecule has 2 heterocycles. The second kappa shape index (κ2) is 8.75. The van der Waals surface area contributed by atoms with Crippen molar-refractivity contribution in [3.05, 3.63) is 18.5 Å². The Kier molecular flexibility index (Phi) is 8.07. The minimum Gasteiger partial charge on any atom is -0.491 e. The van der Waals surface area contributed by atoms with Crippen molar-refractivity contribution in [1.29, 1.82) is 0 Å². The maximum atomic E-state index is 12.5. The third kappa shape index (κ3) is 6.03. The molecule has 20 heavy (non-hydrogen) atoms. The van der Waals surface area contributed by atoms with Gasteiger partial charge in [-0.1, -0.05) is 11.9 Å². The molecule has 0 aromatic carbocycles. The average Bonchev–Trinajstić information content (AvgIpc) is 2.39. The molecule has 2 rings (SSSR count). The zero-order chi connectivity index (χ0) is 13.7. The molecular formula is C12H17BF3KN2O. The first kappa shape index (κ1) is 18.5. The maximum absolute atomic E-state index is 12.5. The first-order valence-electron chi connectivity index (χ1n) is 6.56. The Morgan fingerprint density at radius 3 is 2.50 bits per heavy atom. The number of nitrogens with zero attached hydrogens (tertiary/aromatic N) is 2. The first-order chi connectivity index (χ1) is 9.05. The van der Waals surface area contributed by atoms with E-state index in [0.717, 1.165) is 31.9 Å². The van der Waals surface area contributed by atoms with Crippen LogP contribution >= 0.6 is 0 Å². The number of rotatable bonds is 5. The number of likely N-dealkylation sites (tertiary alicyclic amines) is 1. The van der Waals surface area contributed by atoms with Gasteiger partial charge < -0.3 is 17.7 Å². The van der Waals surface area contributed by atoms with Crippen LogP contribution in [0.15, 0.2) is 18.5 Å². The van der Waals surface area contributed by atoms with Crippen LogP contribution in [0.3, 0.4) is 0 Å². The van der Waals surface area contributed by atoms with Crippen molar-refractivity contribution >= 4 is 12.4 Å². The number of piperidine rings is 1. The molecular weight excluding hydrogens is 295 g/mol. The molecule has 1 aromatic heterocycles. The Balaban J connectivity index is 0.00000200. The predicted molar refractivity (Wildman–Crippen MR) is 68.7 cm³/mol. The summed E-state index contributed by atoms with van der Waals surface area (Å²) in [6.07, 6.45) is 5.79. The van der Waals surface area contributed by atoms with Crippen LogP contribution in [0.2, 0.25) is 0 Å². The molecule has 8 heteroatoms. The quantitative estimate of drug-likeness (QED) is 0.653. The van der Waals surface area contributed by atoms with E-state index in [4.69, 9.17) is 4.74 Å². The summed E-state index contributed by atoms with van der Waals surface area (Å²) in [4.78, 5) is 5.85. The van der Waals surface area contributed by atoms with E-state index in [0.29, 0.717) is 6.61 Å². The zero-order valence-electron chi connectivity index (χ0n) is 11.7. The van der Waals surface area contributed by atoms with Gasteiger partial charge in [-0.05, 0) is 32.0 Å². The number of halogens is 3. The fraction of sp³-hybridized carbons (Fsp3) is 0.583. The van der Waals surface area contributed by atoms with Crippen molar-refractivity contribution in [3.63, 3.8) is 0 Å². The smallest absolute Gasteiger partial charge is 0.491 e. The largest absolute Gasteiger partial charge is 1.00 e. The summed E-state index contributed by atoms with van der Waals surface area (Å²) in [7, 11) is 0. The molecule has 106 valence electrons. The zero-order valence-corrected chi connectivity index (χ0v) is 14.8. The van der Waals surface area contributed by atoms with Crippen LogP contribution in [0.4, 0.5) is 12.9 Å². The third-order valence-electron chi connectivity index (χ3n) is 3.24. The molecule has 0 atom stereocenters. The second-order valence-electron chi connectivity index (χ2n) is 4.78. The van der Waals surface area contributed by atoms with Gasteiger partial charge in [-0.2, -0.15) is 0 Å². The fourth-order valence-corrected chi connectivity index (χ4v) is 2.17.